The van der Waals surface area contributed by atoms with Gasteiger partial charge in [0.25, 0.3) is 0 Å². The zero-order valence-corrected chi connectivity index (χ0v) is 19.0. The number of carboxylic acid groups (broad SMARTS) is 1. The van der Waals surface area contributed by atoms with E-state index in [4.69, 9.17) is 0 Å². The van der Waals surface area contributed by atoms with Crippen LogP contribution in [0.15, 0.2) is 24.3 Å². The molecular weight excluding hydrogens is 415 g/mol. The van der Waals surface area contributed by atoms with Crippen molar-refractivity contribution in [2.24, 2.45) is 17.3 Å². The van der Waals surface area contributed by atoms with E-state index in [0.717, 1.165) is 37.9 Å². The summed E-state index contributed by atoms with van der Waals surface area (Å²) in [5.74, 6) is 0.00226. The maximum Gasteiger partial charge on any atom is 0.416 e. The largest absolute Gasteiger partial charge is 0.481 e. The minimum atomic E-state index is -4.34. The second kappa shape index (κ2) is 9.36. The van der Waals surface area contributed by atoms with Crippen LogP contribution in [0.3, 0.4) is 0 Å². The first-order valence-electron chi connectivity index (χ1n) is 12.3. The van der Waals surface area contributed by atoms with Gasteiger partial charge in [0.1, 0.15) is 0 Å². The van der Waals surface area contributed by atoms with E-state index in [1.54, 1.807) is 12.1 Å². The molecule has 0 bridgehead atoms. The maximum absolute atomic E-state index is 13.1. The number of likely N-dealkylation sites (tertiary alicyclic amines) is 1. The monoisotopic (exact) mass is 451 g/mol. The lowest BCUT2D eigenvalue weighted by Crippen LogP contribution is -2.54. The third-order valence-corrected chi connectivity index (χ3v) is 8.30. The molecule has 1 spiro atoms. The smallest absolute Gasteiger partial charge is 0.416 e. The number of hydrogen-bond donors (Lipinski definition) is 1. The van der Waals surface area contributed by atoms with E-state index in [0.29, 0.717) is 11.3 Å². The van der Waals surface area contributed by atoms with Crippen molar-refractivity contribution in [3.63, 3.8) is 0 Å². The third kappa shape index (κ3) is 5.32. The van der Waals surface area contributed by atoms with Crippen molar-refractivity contribution in [1.82, 2.24) is 4.90 Å². The lowest BCUT2D eigenvalue weighted by molar-refractivity contribution is -0.139. The summed E-state index contributed by atoms with van der Waals surface area (Å²) in [6.45, 7) is 4.46. The van der Waals surface area contributed by atoms with Gasteiger partial charge in [0, 0.05) is 25.6 Å². The molecule has 2 aliphatic carbocycles. The van der Waals surface area contributed by atoms with Crippen LogP contribution in [0.25, 0.3) is 0 Å². The fourth-order valence-corrected chi connectivity index (χ4v) is 7.07. The highest BCUT2D eigenvalue weighted by Gasteiger charge is 2.44. The average Bonchev–Trinajstić information content (AvgIpc) is 2.72. The Morgan fingerprint density at radius 1 is 1.12 bits per heavy atom. The Hall–Kier alpha value is -1.56. The molecule has 2 saturated carbocycles. The number of alkyl halides is 3. The van der Waals surface area contributed by atoms with Crippen LogP contribution in [-0.2, 0) is 11.0 Å². The van der Waals surface area contributed by atoms with Gasteiger partial charge in [-0.05, 0) is 79.4 Å². The summed E-state index contributed by atoms with van der Waals surface area (Å²) in [6.07, 6.45) is 6.12. The van der Waals surface area contributed by atoms with Crippen molar-refractivity contribution in [3.05, 3.63) is 35.4 Å². The number of carbonyl (C=O) groups is 1. The van der Waals surface area contributed by atoms with Crippen LogP contribution < -0.4 is 0 Å². The SMILES string of the molecule is CC1CN([C@@H]2CC[C@@H](CC(=O)O)C[C@H]2c2ccc(C(F)(F)F)cc2)CC2(CCCCC2)C1. The highest BCUT2D eigenvalue weighted by atomic mass is 19.4. The zero-order chi connectivity index (χ0) is 22.9. The molecule has 1 aliphatic heterocycles. The van der Waals surface area contributed by atoms with Gasteiger partial charge in [0.05, 0.1) is 5.56 Å². The maximum atomic E-state index is 13.1. The second-order valence-corrected chi connectivity index (χ2v) is 10.9. The zero-order valence-electron chi connectivity index (χ0n) is 19.0. The fourth-order valence-electron chi connectivity index (χ4n) is 7.07. The molecule has 0 radical (unpaired) electrons. The summed E-state index contributed by atoms with van der Waals surface area (Å²) in [5, 5.41) is 9.33. The molecule has 178 valence electrons. The minimum absolute atomic E-state index is 0.0846. The molecule has 1 aromatic rings. The van der Waals surface area contributed by atoms with Crippen LogP contribution in [0, 0.1) is 17.3 Å². The van der Waals surface area contributed by atoms with E-state index in [9.17, 15) is 23.1 Å². The Labute approximate surface area is 189 Å². The van der Waals surface area contributed by atoms with Crippen molar-refractivity contribution in [1.29, 1.82) is 0 Å². The normalized spacial score (nSPS) is 31.5. The van der Waals surface area contributed by atoms with Crippen molar-refractivity contribution < 1.29 is 23.1 Å². The topological polar surface area (TPSA) is 40.5 Å². The van der Waals surface area contributed by atoms with Crippen LogP contribution >= 0.6 is 0 Å². The molecule has 1 saturated heterocycles. The number of piperidine rings is 1. The molecule has 3 nitrogen and oxygen atoms in total. The quantitative estimate of drug-likeness (QED) is 0.552. The minimum Gasteiger partial charge on any atom is -0.481 e. The highest BCUT2D eigenvalue weighted by molar-refractivity contribution is 5.67. The van der Waals surface area contributed by atoms with Gasteiger partial charge in [-0.1, -0.05) is 38.3 Å². The Kier molecular flexibility index (Phi) is 6.90. The van der Waals surface area contributed by atoms with Crippen molar-refractivity contribution in [3.8, 4) is 0 Å². The molecule has 4 atom stereocenters. The standard InChI is InChI=1S/C26H36F3NO2/c1-18-15-25(11-3-2-4-12-25)17-30(16-18)23-10-5-19(14-24(31)32)13-22(23)20-6-8-21(9-7-20)26(27,28)29/h6-9,18-19,22-23H,2-5,10-17H2,1H3,(H,31,32)/t18?,19-,22+,23-/m1/s1. The van der Waals surface area contributed by atoms with E-state index in [-0.39, 0.29) is 24.3 Å². The van der Waals surface area contributed by atoms with E-state index in [2.05, 4.69) is 11.8 Å². The Balaban J connectivity index is 1.59. The van der Waals surface area contributed by atoms with Gasteiger partial charge in [-0.15, -0.1) is 0 Å². The molecule has 3 fully saturated rings. The van der Waals surface area contributed by atoms with E-state index >= 15 is 0 Å². The summed E-state index contributed by atoms with van der Waals surface area (Å²) in [7, 11) is 0. The van der Waals surface area contributed by atoms with E-state index in [1.807, 2.05) is 0 Å². The van der Waals surface area contributed by atoms with Crippen LogP contribution in [0.2, 0.25) is 0 Å². The molecule has 3 aliphatic rings. The number of rotatable bonds is 4. The molecular formula is C26H36F3NO2. The Morgan fingerprint density at radius 2 is 1.81 bits per heavy atom. The molecule has 1 aromatic carbocycles. The summed E-state index contributed by atoms with van der Waals surface area (Å²) < 4.78 is 39.3. The number of carboxylic acids is 1. The van der Waals surface area contributed by atoms with Gasteiger partial charge in [0.2, 0.25) is 0 Å². The predicted molar refractivity (Wildman–Crippen MR) is 118 cm³/mol. The molecule has 1 N–H and O–H groups in total. The number of halogens is 3. The van der Waals surface area contributed by atoms with Crippen molar-refractivity contribution >= 4 is 5.97 Å². The van der Waals surface area contributed by atoms with Crippen LogP contribution in [0.4, 0.5) is 13.2 Å². The molecule has 1 heterocycles. The van der Waals surface area contributed by atoms with Gasteiger partial charge >= 0.3 is 12.1 Å². The third-order valence-electron chi connectivity index (χ3n) is 8.30. The summed E-state index contributed by atoms with van der Waals surface area (Å²) >= 11 is 0. The number of nitrogens with zero attached hydrogens (tertiary/aromatic N) is 1. The van der Waals surface area contributed by atoms with Gasteiger partial charge in [-0.25, -0.2) is 0 Å². The number of benzene rings is 1. The van der Waals surface area contributed by atoms with Gasteiger partial charge < -0.3 is 5.11 Å². The predicted octanol–water partition coefficient (Wildman–Crippen LogP) is 6.72. The lowest BCUT2D eigenvalue weighted by atomic mass is 9.65. The van der Waals surface area contributed by atoms with Crippen molar-refractivity contribution in [2.75, 3.05) is 13.1 Å². The summed E-state index contributed by atoms with van der Waals surface area (Å²) in [6, 6.07) is 5.92. The first-order chi connectivity index (χ1) is 15.2. The number of aliphatic carboxylic acids is 1. The fraction of sp³-hybridized carbons (Fsp3) is 0.731. The van der Waals surface area contributed by atoms with E-state index < -0.39 is 17.7 Å². The van der Waals surface area contributed by atoms with Gasteiger partial charge in [-0.3, -0.25) is 9.69 Å². The van der Waals surface area contributed by atoms with Crippen LogP contribution in [0.1, 0.15) is 88.2 Å². The van der Waals surface area contributed by atoms with Crippen LogP contribution in [0.5, 0.6) is 0 Å². The lowest BCUT2D eigenvalue weighted by Gasteiger charge is -2.53. The molecule has 0 amide bonds. The molecule has 32 heavy (non-hydrogen) atoms. The molecule has 1 unspecified atom stereocenters. The van der Waals surface area contributed by atoms with Gasteiger partial charge in [-0.2, -0.15) is 13.2 Å². The second-order valence-electron chi connectivity index (χ2n) is 10.9. The first kappa shape index (κ1) is 23.6. The van der Waals surface area contributed by atoms with Gasteiger partial charge in [0.15, 0.2) is 0 Å². The van der Waals surface area contributed by atoms with Crippen LogP contribution in [-0.4, -0.2) is 35.1 Å². The summed E-state index contributed by atoms with van der Waals surface area (Å²) in [5.41, 5.74) is 0.691. The average molecular weight is 452 g/mol. The Bertz CT molecular complexity index is 785. The highest BCUT2D eigenvalue weighted by Crippen LogP contribution is 2.48. The Morgan fingerprint density at radius 3 is 2.44 bits per heavy atom. The molecule has 6 heteroatoms. The molecule has 4 rings (SSSR count). The van der Waals surface area contributed by atoms with Crippen molar-refractivity contribution in [2.45, 2.75) is 89.3 Å². The molecule has 0 aromatic heterocycles. The van der Waals surface area contributed by atoms with E-state index in [1.165, 1.54) is 50.7 Å². The summed E-state index contributed by atoms with van der Waals surface area (Å²) in [4.78, 5) is 14.0. The first-order valence-corrected chi connectivity index (χ1v) is 12.3. The number of hydrogen-bond acceptors (Lipinski definition) is 2.